The minimum absolute atomic E-state index is 0.102. The van der Waals surface area contributed by atoms with Crippen LogP contribution in [0.15, 0.2) is 197 Å². The molecule has 12 aromatic rings. The van der Waals surface area contributed by atoms with Crippen LogP contribution in [0.4, 0.5) is 0 Å². The first-order chi connectivity index (χ1) is 29.6. The highest BCUT2D eigenvalue weighted by Gasteiger charge is 2.18. The fourth-order valence-electron chi connectivity index (χ4n) is 8.59. The first-order valence-electron chi connectivity index (χ1n) is 19.8. The number of hydrogen-bond donors (Lipinski definition) is 0. The summed E-state index contributed by atoms with van der Waals surface area (Å²) in [6, 6.07) is 62.9. The highest BCUT2D eigenvalue weighted by Crippen LogP contribution is 2.40. The molecule has 4 heterocycles. The number of fused-ring (bicyclic) bond motifs is 10. The predicted molar refractivity (Wildman–Crippen MR) is 242 cm³/mol. The molecule has 0 fully saturated rings. The quantitative estimate of drug-likeness (QED) is 0.128. The van der Waals surface area contributed by atoms with Crippen LogP contribution in [0, 0.1) is 0 Å². The summed E-state index contributed by atoms with van der Waals surface area (Å²) in [6.45, 7) is 0. The first-order valence-corrected chi connectivity index (χ1v) is 19.8. The monoisotopic (exact) mass is 769 g/mol. The molecule has 60 heavy (non-hydrogen) atoms. The van der Waals surface area contributed by atoms with Gasteiger partial charge in [0.05, 0.1) is 16.4 Å². The summed E-state index contributed by atoms with van der Waals surface area (Å²) in [4.78, 5) is 34.5. The van der Waals surface area contributed by atoms with Crippen molar-refractivity contribution in [2.75, 3.05) is 0 Å². The SMILES string of the molecule is O=c1c2cc(-c3cccc4oc5ccc(-c6cccc(-c7nc(-c8ccccc8)nc(-c8ccccc8)n7)c6)cc5c34)ccc2nc2c3ccccc3c3ccccc3n12. The fraction of sp³-hybridized carbons (Fsp3) is 0. The number of nitrogens with zero attached hydrogens (tertiary/aromatic N) is 5. The van der Waals surface area contributed by atoms with Crippen molar-refractivity contribution in [3.8, 4) is 56.4 Å². The van der Waals surface area contributed by atoms with Crippen LogP contribution < -0.4 is 5.56 Å². The standard InChI is InChI=1S/C53H31N5O2/c59-53-42-31-36(25-27-44(42)54-52-41-21-8-7-19-39(41)40-20-9-10-23-45(40)58(52)53)38-22-12-24-47-48(38)43-30-35(26-28-46(43)60-47)34-17-11-18-37(29-34)51-56-49(32-13-3-1-4-14-32)55-50(57-51)33-15-5-2-6-16-33/h1-31H. The third-order valence-electron chi connectivity index (χ3n) is 11.4. The van der Waals surface area contributed by atoms with Gasteiger partial charge < -0.3 is 4.42 Å². The Balaban J connectivity index is 0.995. The number of furan rings is 1. The zero-order valence-electron chi connectivity index (χ0n) is 32.0. The number of aromatic nitrogens is 5. The van der Waals surface area contributed by atoms with Crippen LogP contribution in [0.25, 0.3) is 117 Å². The van der Waals surface area contributed by atoms with Crippen LogP contribution in [0.5, 0.6) is 0 Å². The number of para-hydroxylation sites is 1. The molecule has 0 aliphatic carbocycles. The van der Waals surface area contributed by atoms with E-state index in [1.54, 1.807) is 4.40 Å². The Labute approximate surface area is 342 Å². The molecule has 0 saturated heterocycles. The van der Waals surface area contributed by atoms with Gasteiger partial charge in [-0.2, -0.15) is 0 Å². The maximum Gasteiger partial charge on any atom is 0.266 e. The Morgan fingerprint density at radius 1 is 0.383 bits per heavy atom. The largest absolute Gasteiger partial charge is 0.456 e. The van der Waals surface area contributed by atoms with E-state index in [0.29, 0.717) is 34.0 Å². The summed E-state index contributed by atoms with van der Waals surface area (Å²) < 4.78 is 8.23. The van der Waals surface area contributed by atoms with Gasteiger partial charge in [-0.3, -0.25) is 9.20 Å². The van der Waals surface area contributed by atoms with E-state index in [4.69, 9.17) is 24.4 Å². The van der Waals surface area contributed by atoms with Crippen LogP contribution in [0.3, 0.4) is 0 Å². The third-order valence-corrected chi connectivity index (χ3v) is 11.4. The molecule has 8 aromatic carbocycles. The molecule has 7 heteroatoms. The smallest absolute Gasteiger partial charge is 0.266 e. The second kappa shape index (κ2) is 13.4. The average Bonchev–Trinajstić information content (AvgIpc) is 3.70. The van der Waals surface area contributed by atoms with Crippen LogP contribution in [-0.2, 0) is 0 Å². The average molecular weight is 770 g/mol. The molecule has 7 nitrogen and oxygen atoms in total. The van der Waals surface area contributed by atoms with Gasteiger partial charge >= 0.3 is 0 Å². The van der Waals surface area contributed by atoms with Crippen molar-refractivity contribution in [3.63, 3.8) is 0 Å². The molecule has 0 radical (unpaired) electrons. The van der Waals surface area contributed by atoms with Gasteiger partial charge in [-0.25, -0.2) is 19.9 Å². The van der Waals surface area contributed by atoms with Gasteiger partial charge in [-0.05, 0) is 70.1 Å². The Morgan fingerprint density at radius 3 is 1.73 bits per heavy atom. The molecule has 0 N–H and O–H groups in total. The van der Waals surface area contributed by atoms with E-state index < -0.39 is 0 Å². The fourth-order valence-corrected chi connectivity index (χ4v) is 8.59. The number of benzene rings is 8. The predicted octanol–water partition coefficient (Wildman–Crippen LogP) is 12.6. The zero-order chi connectivity index (χ0) is 39.7. The Morgan fingerprint density at radius 2 is 0.967 bits per heavy atom. The van der Waals surface area contributed by atoms with Crippen molar-refractivity contribution in [2.45, 2.75) is 0 Å². The molecule has 280 valence electrons. The van der Waals surface area contributed by atoms with Gasteiger partial charge in [0.1, 0.15) is 16.8 Å². The zero-order valence-corrected chi connectivity index (χ0v) is 32.0. The summed E-state index contributed by atoms with van der Waals surface area (Å²) in [5.74, 6) is 1.83. The van der Waals surface area contributed by atoms with Crippen molar-refractivity contribution in [3.05, 3.63) is 198 Å². The van der Waals surface area contributed by atoms with E-state index in [2.05, 4.69) is 48.5 Å². The van der Waals surface area contributed by atoms with Gasteiger partial charge in [0, 0.05) is 38.2 Å². The van der Waals surface area contributed by atoms with E-state index in [-0.39, 0.29) is 5.56 Å². The van der Waals surface area contributed by atoms with Gasteiger partial charge in [-0.1, -0.05) is 146 Å². The highest BCUT2D eigenvalue weighted by molar-refractivity contribution is 6.15. The molecular formula is C53H31N5O2. The number of pyridine rings is 1. The van der Waals surface area contributed by atoms with Gasteiger partial charge in [-0.15, -0.1) is 0 Å². The summed E-state index contributed by atoms with van der Waals surface area (Å²) in [7, 11) is 0. The van der Waals surface area contributed by atoms with E-state index >= 15 is 0 Å². The molecule has 0 unspecified atom stereocenters. The minimum atomic E-state index is -0.102. The van der Waals surface area contributed by atoms with Gasteiger partial charge in [0.15, 0.2) is 17.5 Å². The maximum absolute atomic E-state index is 14.6. The molecule has 0 bridgehead atoms. The summed E-state index contributed by atoms with van der Waals surface area (Å²) in [5.41, 5.74) is 10.2. The second-order valence-corrected chi connectivity index (χ2v) is 15.0. The van der Waals surface area contributed by atoms with Crippen LogP contribution >= 0.6 is 0 Å². The molecule has 0 spiro atoms. The van der Waals surface area contributed by atoms with E-state index in [1.165, 1.54) is 0 Å². The van der Waals surface area contributed by atoms with E-state index in [0.717, 1.165) is 82.6 Å². The molecule has 0 atom stereocenters. The van der Waals surface area contributed by atoms with Gasteiger partial charge in [0.25, 0.3) is 5.56 Å². The Kier molecular flexibility index (Phi) is 7.55. The Bertz CT molecular complexity index is 3690. The number of rotatable bonds is 5. The van der Waals surface area contributed by atoms with E-state index in [1.807, 2.05) is 140 Å². The molecule has 0 aliphatic heterocycles. The Hall–Kier alpha value is -8.29. The lowest BCUT2D eigenvalue weighted by molar-refractivity contribution is 0.669. The van der Waals surface area contributed by atoms with Crippen molar-refractivity contribution in [1.29, 1.82) is 0 Å². The van der Waals surface area contributed by atoms with Crippen molar-refractivity contribution in [2.24, 2.45) is 0 Å². The van der Waals surface area contributed by atoms with Gasteiger partial charge in [0.2, 0.25) is 0 Å². The number of hydrogen-bond acceptors (Lipinski definition) is 6. The van der Waals surface area contributed by atoms with Crippen molar-refractivity contribution >= 4 is 60.2 Å². The normalized spacial score (nSPS) is 11.7. The maximum atomic E-state index is 14.6. The molecule has 12 rings (SSSR count). The minimum Gasteiger partial charge on any atom is -0.456 e. The van der Waals surface area contributed by atoms with Crippen molar-refractivity contribution in [1.82, 2.24) is 24.3 Å². The topological polar surface area (TPSA) is 86.2 Å². The van der Waals surface area contributed by atoms with Crippen LogP contribution in [-0.4, -0.2) is 24.3 Å². The van der Waals surface area contributed by atoms with Crippen LogP contribution in [0.1, 0.15) is 0 Å². The highest BCUT2D eigenvalue weighted by atomic mass is 16.3. The third kappa shape index (κ3) is 5.41. The first kappa shape index (κ1) is 33.8. The summed E-state index contributed by atoms with van der Waals surface area (Å²) in [6.07, 6.45) is 0. The molecule has 0 amide bonds. The summed E-state index contributed by atoms with van der Waals surface area (Å²) >= 11 is 0. The van der Waals surface area contributed by atoms with E-state index in [9.17, 15) is 4.79 Å². The summed E-state index contributed by atoms with van der Waals surface area (Å²) in [5, 5.41) is 5.54. The van der Waals surface area contributed by atoms with Crippen LogP contribution in [0.2, 0.25) is 0 Å². The lowest BCUT2D eigenvalue weighted by Crippen LogP contribution is -2.16. The lowest BCUT2D eigenvalue weighted by atomic mass is 9.96. The second-order valence-electron chi connectivity index (χ2n) is 15.0. The van der Waals surface area contributed by atoms with Crippen molar-refractivity contribution < 1.29 is 4.42 Å². The lowest BCUT2D eigenvalue weighted by Gasteiger charge is -2.12. The molecule has 4 aromatic heterocycles. The molecule has 0 aliphatic rings. The molecule has 0 saturated carbocycles. The molecular weight excluding hydrogens is 739 g/mol.